The van der Waals surface area contributed by atoms with Gasteiger partial charge in [0.25, 0.3) is 17.0 Å². The summed E-state index contributed by atoms with van der Waals surface area (Å²) in [5.41, 5.74) is 2.31. The molecule has 14 nitrogen and oxygen atoms in total. The van der Waals surface area contributed by atoms with Gasteiger partial charge in [0.1, 0.15) is 17.2 Å². The normalized spacial score (nSPS) is 15.7. The number of aromatic amines is 1. The van der Waals surface area contributed by atoms with E-state index < -0.39 is 11.2 Å². The number of amides is 1. The summed E-state index contributed by atoms with van der Waals surface area (Å²) in [5, 5.41) is 1.39. The fourth-order valence-electron chi connectivity index (χ4n) is 7.54. The number of aryl methyl sites for hydroxylation is 1. The van der Waals surface area contributed by atoms with E-state index in [1.807, 2.05) is 29.3 Å². The molecule has 2 aliphatic rings. The lowest BCUT2D eigenvalue weighted by atomic mass is 9.97. The first-order valence-electron chi connectivity index (χ1n) is 18.6. The molecule has 1 amide bonds. The zero-order valence-electron chi connectivity index (χ0n) is 31.4. The molecule has 14 heteroatoms. The highest BCUT2D eigenvalue weighted by atomic mass is 16.5. The molecule has 288 valence electrons. The average Bonchev–Trinajstić information content (AvgIpc) is 3.21. The van der Waals surface area contributed by atoms with Crippen LogP contribution in [0, 0.1) is 0 Å². The van der Waals surface area contributed by atoms with E-state index >= 15 is 0 Å². The molecule has 3 aromatic heterocycles. The van der Waals surface area contributed by atoms with Gasteiger partial charge >= 0.3 is 5.69 Å². The van der Waals surface area contributed by atoms with Crippen molar-refractivity contribution in [1.82, 2.24) is 28.9 Å². The largest absolute Gasteiger partial charge is 0.496 e. The lowest BCUT2D eigenvalue weighted by molar-refractivity contribution is -0.137. The first kappa shape index (κ1) is 37.6. The van der Waals surface area contributed by atoms with Gasteiger partial charge in [0.15, 0.2) is 6.61 Å². The quantitative estimate of drug-likeness (QED) is 0.201. The van der Waals surface area contributed by atoms with E-state index in [0.29, 0.717) is 29.9 Å². The van der Waals surface area contributed by atoms with Crippen molar-refractivity contribution in [2.45, 2.75) is 44.3 Å². The van der Waals surface area contributed by atoms with Crippen LogP contribution >= 0.6 is 0 Å². The van der Waals surface area contributed by atoms with Crippen molar-refractivity contribution in [2.24, 2.45) is 7.05 Å². The maximum Gasteiger partial charge on any atom is 0.332 e. The van der Waals surface area contributed by atoms with Crippen LogP contribution in [-0.4, -0.2) is 101 Å². The Morgan fingerprint density at radius 3 is 2.20 bits per heavy atom. The van der Waals surface area contributed by atoms with Gasteiger partial charge in [0.05, 0.1) is 37.5 Å². The van der Waals surface area contributed by atoms with Crippen LogP contribution in [0.2, 0.25) is 0 Å². The van der Waals surface area contributed by atoms with Crippen LogP contribution in [-0.2, 0) is 23.0 Å². The molecule has 2 fully saturated rings. The number of fused-ring (bicyclic) bond motifs is 1. The van der Waals surface area contributed by atoms with E-state index in [9.17, 15) is 19.2 Å². The number of aromatic nitrogens is 4. The number of hydrogen-bond acceptors (Lipinski definition) is 10. The first-order valence-corrected chi connectivity index (χ1v) is 18.6. The molecule has 0 aliphatic carbocycles. The van der Waals surface area contributed by atoms with Crippen molar-refractivity contribution in [3.8, 4) is 34.1 Å². The number of methoxy groups -OCH3 is 2. The summed E-state index contributed by atoms with van der Waals surface area (Å²) in [6.07, 6.45) is 11.1. The van der Waals surface area contributed by atoms with Crippen LogP contribution in [0.4, 0.5) is 0 Å². The summed E-state index contributed by atoms with van der Waals surface area (Å²) < 4.78 is 27.0. The molecule has 0 bridgehead atoms. The number of likely N-dealkylation sites (tertiary alicyclic amines) is 2. The van der Waals surface area contributed by atoms with Crippen LogP contribution in [0.3, 0.4) is 0 Å². The highest BCUT2D eigenvalue weighted by molar-refractivity contribution is 5.95. The lowest BCUT2D eigenvalue weighted by Gasteiger charge is -2.37. The van der Waals surface area contributed by atoms with Gasteiger partial charge in [0.2, 0.25) is 0 Å². The molecule has 2 aromatic carbocycles. The summed E-state index contributed by atoms with van der Waals surface area (Å²) >= 11 is 0. The van der Waals surface area contributed by atoms with E-state index in [2.05, 4.69) is 14.9 Å². The number of carbonyl (C=O) groups excluding carboxylic acids is 1. The second-order valence-corrected chi connectivity index (χ2v) is 14.0. The predicted octanol–water partition coefficient (Wildman–Crippen LogP) is 3.55. The maximum atomic E-state index is 12.9. The standard InChI is InChI=1S/C41H46N6O8/c1-44-25-35(32-8-15-42-24-34(32)40(44)50)27-22-36(52-2)33(37(23-27)53-3)13-18-45-16-9-30(10-17-45)55-31-11-19-46(20-12-31)39(49)26-54-29-6-4-28(5-7-29)47-21-14-38(48)43-41(47)51/h4-8,14-15,21-25,30-31H,9-13,16-20,26H2,1-3H3,(H,43,48,51). The van der Waals surface area contributed by atoms with Gasteiger partial charge in [-0.2, -0.15) is 0 Å². The van der Waals surface area contributed by atoms with E-state index in [0.717, 1.165) is 85.3 Å². The molecule has 0 spiro atoms. The summed E-state index contributed by atoms with van der Waals surface area (Å²) in [4.78, 5) is 59.7. The Kier molecular flexibility index (Phi) is 11.4. The second-order valence-electron chi connectivity index (χ2n) is 14.0. The average molecular weight is 751 g/mol. The highest BCUT2D eigenvalue weighted by Crippen LogP contribution is 2.37. The van der Waals surface area contributed by atoms with Gasteiger partial charge in [-0.1, -0.05) is 0 Å². The third-order valence-corrected chi connectivity index (χ3v) is 10.6. The van der Waals surface area contributed by atoms with E-state index in [1.54, 1.807) is 62.5 Å². The van der Waals surface area contributed by atoms with Gasteiger partial charge in [0, 0.05) is 81.8 Å². The molecule has 0 unspecified atom stereocenters. The van der Waals surface area contributed by atoms with Crippen molar-refractivity contribution < 1.29 is 23.7 Å². The third-order valence-electron chi connectivity index (χ3n) is 10.6. The topological polar surface area (TPSA) is 150 Å². The number of H-pyrrole nitrogens is 1. The Morgan fingerprint density at radius 1 is 0.873 bits per heavy atom. The Bertz CT molecular complexity index is 2290. The van der Waals surface area contributed by atoms with Crippen LogP contribution in [0.25, 0.3) is 27.6 Å². The summed E-state index contributed by atoms with van der Waals surface area (Å²) in [5.74, 6) is 1.93. The van der Waals surface area contributed by atoms with Gasteiger partial charge in [-0.25, -0.2) is 4.79 Å². The van der Waals surface area contributed by atoms with Gasteiger partial charge in [-0.3, -0.25) is 28.9 Å². The van der Waals surface area contributed by atoms with Crippen LogP contribution in [0.1, 0.15) is 31.2 Å². The van der Waals surface area contributed by atoms with E-state index in [1.165, 1.54) is 16.8 Å². The van der Waals surface area contributed by atoms with Crippen molar-refractivity contribution >= 4 is 16.7 Å². The summed E-state index contributed by atoms with van der Waals surface area (Å²) in [6, 6.07) is 13.9. The minimum absolute atomic E-state index is 0.0753. The van der Waals surface area contributed by atoms with Crippen molar-refractivity contribution in [1.29, 1.82) is 0 Å². The molecular weight excluding hydrogens is 704 g/mol. The lowest BCUT2D eigenvalue weighted by Crippen LogP contribution is -2.45. The van der Waals surface area contributed by atoms with E-state index in [4.69, 9.17) is 18.9 Å². The molecule has 1 N–H and O–H groups in total. The minimum atomic E-state index is -0.528. The minimum Gasteiger partial charge on any atom is -0.496 e. The SMILES string of the molecule is COc1cc(-c2cn(C)c(=O)c3cnccc23)cc(OC)c1CCN1CCC(OC2CCN(C(=O)COc3ccc(-n4ccc(=O)[nH]c4=O)cc3)CC2)CC1. The summed E-state index contributed by atoms with van der Waals surface area (Å²) in [6.45, 7) is 3.89. The number of piperidine rings is 2. The number of nitrogens with one attached hydrogen (secondary N) is 1. The zero-order valence-corrected chi connectivity index (χ0v) is 31.4. The molecule has 5 aromatic rings. The van der Waals surface area contributed by atoms with Gasteiger partial charge < -0.3 is 33.3 Å². The second kappa shape index (κ2) is 16.7. The number of hydrogen-bond donors (Lipinski definition) is 1. The van der Waals surface area contributed by atoms with Crippen molar-refractivity contribution in [3.63, 3.8) is 0 Å². The van der Waals surface area contributed by atoms with Crippen molar-refractivity contribution in [3.05, 3.63) is 110 Å². The first-order chi connectivity index (χ1) is 26.7. The zero-order chi connectivity index (χ0) is 38.5. The van der Waals surface area contributed by atoms with Crippen LogP contribution in [0.5, 0.6) is 17.2 Å². The number of ether oxygens (including phenoxy) is 4. The van der Waals surface area contributed by atoms with Gasteiger partial charge in [-0.05, 0) is 85.5 Å². The third kappa shape index (κ3) is 8.50. The molecular formula is C41H46N6O8. The van der Waals surface area contributed by atoms with Gasteiger partial charge in [-0.15, -0.1) is 0 Å². The molecule has 55 heavy (non-hydrogen) atoms. The Hall–Kier alpha value is -5.73. The Balaban J connectivity index is 0.861. The molecule has 0 saturated carbocycles. The molecule has 2 aliphatic heterocycles. The van der Waals surface area contributed by atoms with Crippen molar-refractivity contribution in [2.75, 3.05) is 53.6 Å². The molecule has 5 heterocycles. The molecule has 0 radical (unpaired) electrons. The maximum absolute atomic E-state index is 12.9. The van der Waals surface area contributed by atoms with E-state index in [-0.39, 0.29) is 30.3 Å². The number of rotatable bonds is 12. The number of carbonyl (C=O) groups is 1. The fourth-order valence-corrected chi connectivity index (χ4v) is 7.54. The number of benzene rings is 2. The van der Waals surface area contributed by atoms with Crippen LogP contribution in [0.15, 0.2) is 87.7 Å². The van der Waals surface area contributed by atoms with Crippen LogP contribution < -0.4 is 31.0 Å². The number of pyridine rings is 2. The Morgan fingerprint density at radius 2 is 1.55 bits per heavy atom. The molecule has 7 rings (SSSR count). The number of nitrogens with zero attached hydrogens (tertiary/aromatic N) is 5. The smallest absolute Gasteiger partial charge is 0.332 e. The fraction of sp³-hybridized carbons (Fsp3) is 0.390. The highest BCUT2D eigenvalue weighted by Gasteiger charge is 2.28. The molecule has 0 atom stereocenters. The Labute approximate surface area is 317 Å². The summed E-state index contributed by atoms with van der Waals surface area (Å²) in [7, 11) is 5.09. The monoisotopic (exact) mass is 750 g/mol. The predicted molar refractivity (Wildman–Crippen MR) is 208 cm³/mol. The molecule has 2 saturated heterocycles.